The summed E-state index contributed by atoms with van der Waals surface area (Å²) in [7, 11) is 0. The molecule has 194 valence electrons. The molecule has 4 fully saturated rings. The van der Waals surface area contributed by atoms with E-state index in [2.05, 4.69) is 24.7 Å². The number of hydrogen-bond donors (Lipinski definition) is 1. The molecule has 7 heteroatoms. The van der Waals surface area contributed by atoms with Gasteiger partial charge in [-0.25, -0.2) is 4.98 Å². The molecule has 0 atom stereocenters. The van der Waals surface area contributed by atoms with Gasteiger partial charge in [-0.05, 0) is 69.8 Å². The first-order valence-corrected chi connectivity index (χ1v) is 14.8. The Morgan fingerprint density at radius 2 is 1.72 bits per heavy atom. The maximum absolute atomic E-state index is 12.8. The quantitative estimate of drug-likeness (QED) is 0.648. The van der Waals surface area contributed by atoms with Crippen molar-refractivity contribution in [2.24, 2.45) is 5.92 Å². The summed E-state index contributed by atoms with van der Waals surface area (Å²) in [5, 5.41) is 4.70. The highest BCUT2D eigenvalue weighted by molar-refractivity contribution is 6.00. The van der Waals surface area contributed by atoms with Gasteiger partial charge in [0.25, 0.3) is 0 Å². The Labute approximate surface area is 215 Å². The molecule has 0 aromatic carbocycles. The monoisotopic (exact) mass is 490 g/mol. The van der Waals surface area contributed by atoms with E-state index in [0.29, 0.717) is 12.5 Å². The van der Waals surface area contributed by atoms with Gasteiger partial charge in [0.1, 0.15) is 5.65 Å². The number of piperazine rings is 1. The van der Waals surface area contributed by atoms with Gasteiger partial charge >= 0.3 is 0 Å². The number of carbonyl (C=O) groups is 1. The SMILES string of the molecule is O=C1CCC2(CCCCC2)n2c1cc1cnc(NC3CCC(N4CCN(CC5CC5)CC4)CC3)nc12. The van der Waals surface area contributed by atoms with Gasteiger partial charge in [-0.1, -0.05) is 19.3 Å². The summed E-state index contributed by atoms with van der Waals surface area (Å²) in [5.41, 5.74) is 1.91. The number of ketones is 1. The molecule has 7 nitrogen and oxygen atoms in total. The van der Waals surface area contributed by atoms with Crippen LogP contribution in [0.3, 0.4) is 0 Å². The number of aromatic nitrogens is 3. The highest BCUT2D eigenvalue weighted by Gasteiger charge is 2.41. The van der Waals surface area contributed by atoms with Gasteiger partial charge in [0.05, 0.1) is 5.69 Å². The van der Waals surface area contributed by atoms with Crippen molar-refractivity contribution in [1.82, 2.24) is 24.3 Å². The molecule has 3 saturated carbocycles. The number of rotatable bonds is 5. The first-order valence-electron chi connectivity index (χ1n) is 14.8. The van der Waals surface area contributed by atoms with E-state index in [1.54, 1.807) is 0 Å². The molecule has 2 aromatic rings. The van der Waals surface area contributed by atoms with E-state index in [0.717, 1.165) is 41.1 Å². The lowest BCUT2D eigenvalue weighted by atomic mass is 9.75. The van der Waals surface area contributed by atoms with E-state index < -0.39 is 0 Å². The first-order chi connectivity index (χ1) is 17.7. The Kier molecular flexibility index (Phi) is 6.04. The maximum Gasteiger partial charge on any atom is 0.224 e. The first kappa shape index (κ1) is 23.2. The lowest BCUT2D eigenvalue weighted by Crippen LogP contribution is -2.52. The van der Waals surface area contributed by atoms with Gasteiger partial charge < -0.3 is 14.8 Å². The van der Waals surface area contributed by atoms with Gasteiger partial charge in [-0.15, -0.1) is 0 Å². The molecular weight excluding hydrogens is 448 g/mol. The number of fused-ring (bicyclic) bond motifs is 4. The summed E-state index contributed by atoms with van der Waals surface area (Å²) >= 11 is 0. The zero-order valence-electron chi connectivity index (χ0n) is 21.8. The van der Waals surface area contributed by atoms with Crippen molar-refractivity contribution in [3.63, 3.8) is 0 Å². The molecular formula is C29H42N6O. The lowest BCUT2D eigenvalue weighted by Gasteiger charge is -2.42. The largest absolute Gasteiger partial charge is 0.351 e. The summed E-state index contributed by atoms with van der Waals surface area (Å²) in [5.74, 6) is 2.01. The summed E-state index contributed by atoms with van der Waals surface area (Å²) in [6.07, 6.45) is 17.5. The van der Waals surface area contributed by atoms with Gasteiger partial charge in [-0.3, -0.25) is 9.69 Å². The molecule has 1 spiro atoms. The van der Waals surface area contributed by atoms with E-state index in [1.165, 1.54) is 103 Å². The fourth-order valence-corrected chi connectivity index (χ4v) is 7.76. The zero-order chi connectivity index (χ0) is 24.1. The van der Waals surface area contributed by atoms with Crippen molar-refractivity contribution in [3.8, 4) is 0 Å². The summed E-state index contributed by atoms with van der Waals surface area (Å²) in [4.78, 5) is 28.0. The molecule has 2 aromatic heterocycles. The fourth-order valence-electron chi connectivity index (χ4n) is 7.76. The molecule has 1 N–H and O–H groups in total. The Bertz CT molecular complexity index is 1100. The van der Waals surface area contributed by atoms with Crippen molar-refractivity contribution in [2.45, 2.75) is 101 Å². The van der Waals surface area contributed by atoms with Gasteiger partial charge in [-0.2, -0.15) is 4.98 Å². The standard InChI is InChI=1S/C29H42N6O/c36-26-10-13-29(11-2-1-3-12-29)35-25(26)18-22-19-30-28(32-27(22)35)31-23-6-8-24(9-7-23)34-16-14-33(15-17-34)20-21-4-5-21/h18-19,21,23-24H,1-17,20H2,(H,30,31,32). The zero-order valence-corrected chi connectivity index (χ0v) is 21.8. The van der Waals surface area contributed by atoms with Crippen LogP contribution < -0.4 is 5.32 Å². The molecule has 5 aliphatic rings. The number of nitrogens with one attached hydrogen (secondary N) is 1. The second-order valence-corrected chi connectivity index (χ2v) is 12.5. The molecule has 0 amide bonds. The van der Waals surface area contributed by atoms with Crippen LogP contribution in [0.15, 0.2) is 12.3 Å². The van der Waals surface area contributed by atoms with Crippen LogP contribution in [0, 0.1) is 5.92 Å². The molecule has 1 saturated heterocycles. The minimum absolute atomic E-state index is 0.0790. The molecule has 0 radical (unpaired) electrons. The van der Waals surface area contributed by atoms with Crippen molar-refractivity contribution >= 4 is 22.8 Å². The van der Waals surface area contributed by atoms with E-state index in [1.807, 2.05) is 12.3 Å². The van der Waals surface area contributed by atoms with E-state index in [4.69, 9.17) is 4.98 Å². The molecule has 0 bridgehead atoms. The van der Waals surface area contributed by atoms with Crippen LogP contribution in [0.2, 0.25) is 0 Å². The van der Waals surface area contributed by atoms with Crippen LogP contribution in [-0.2, 0) is 5.54 Å². The Morgan fingerprint density at radius 1 is 0.944 bits per heavy atom. The minimum atomic E-state index is 0.0790. The topological polar surface area (TPSA) is 66.3 Å². The van der Waals surface area contributed by atoms with E-state index in [-0.39, 0.29) is 11.3 Å². The molecule has 4 heterocycles. The van der Waals surface area contributed by atoms with E-state index in [9.17, 15) is 4.79 Å². The Balaban J connectivity index is 1.01. The highest BCUT2D eigenvalue weighted by Crippen LogP contribution is 2.45. The summed E-state index contributed by atoms with van der Waals surface area (Å²) in [6.45, 7) is 6.35. The summed E-state index contributed by atoms with van der Waals surface area (Å²) in [6, 6.07) is 3.23. The van der Waals surface area contributed by atoms with Crippen molar-refractivity contribution in [3.05, 3.63) is 18.0 Å². The number of hydrogen-bond acceptors (Lipinski definition) is 6. The number of carbonyl (C=O) groups excluding carboxylic acids is 1. The average molecular weight is 491 g/mol. The third-order valence-electron chi connectivity index (χ3n) is 10.1. The van der Waals surface area contributed by atoms with Crippen molar-refractivity contribution < 1.29 is 4.79 Å². The third kappa shape index (κ3) is 4.36. The summed E-state index contributed by atoms with van der Waals surface area (Å²) < 4.78 is 2.33. The number of Topliss-reactive ketones (excluding diaryl/α,β-unsaturated/α-hetero) is 1. The average Bonchev–Trinajstić information content (AvgIpc) is 3.64. The van der Waals surface area contributed by atoms with Crippen LogP contribution in [0.25, 0.3) is 11.0 Å². The third-order valence-corrected chi connectivity index (χ3v) is 10.1. The van der Waals surface area contributed by atoms with Crippen LogP contribution in [0.1, 0.15) is 94.0 Å². The van der Waals surface area contributed by atoms with Gasteiger partial charge in [0.15, 0.2) is 5.78 Å². The fraction of sp³-hybridized carbons (Fsp3) is 0.759. The molecule has 2 aliphatic heterocycles. The number of anilines is 1. The Morgan fingerprint density at radius 3 is 2.47 bits per heavy atom. The second-order valence-electron chi connectivity index (χ2n) is 12.5. The normalized spacial score (nSPS) is 29.5. The van der Waals surface area contributed by atoms with Crippen molar-refractivity contribution in [2.75, 3.05) is 38.0 Å². The minimum Gasteiger partial charge on any atom is -0.351 e. The molecule has 36 heavy (non-hydrogen) atoms. The van der Waals surface area contributed by atoms with Crippen LogP contribution in [-0.4, -0.2) is 74.9 Å². The Hall–Kier alpha value is -1.99. The van der Waals surface area contributed by atoms with Gasteiger partial charge in [0, 0.05) is 68.4 Å². The van der Waals surface area contributed by atoms with Crippen LogP contribution >= 0.6 is 0 Å². The second kappa shape index (κ2) is 9.39. The molecule has 0 unspecified atom stereocenters. The molecule has 3 aliphatic carbocycles. The maximum atomic E-state index is 12.8. The lowest BCUT2D eigenvalue weighted by molar-refractivity contribution is 0.0752. The van der Waals surface area contributed by atoms with Crippen molar-refractivity contribution in [1.29, 1.82) is 0 Å². The van der Waals surface area contributed by atoms with Crippen LogP contribution in [0.5, 0.6) is 0 Å². The van der Waals surface area contributed by atoms with Gasteiger partial charge in [0.2, 0.25) is 5.95 Å². The molecule has 7 rings (SSSR count). The predicted molar refractivity (Wildman–Crippen MR) is 143 cm³/mol. The number of nitrogens with zero attached hydrogens (tertiary/aromatic N) is 5. The predicted octanol–water partition coefficient (Wildman–Crippen LogP) is 4.82. The van der Waals surface area contributed by atoms with E-state index >= 15 is 0 Å². The highest BCUT2D eigenvalue weighted by atomic mass is 16.1. The smallest absolute Gasteiger partial charge is 0.224 e. The van der Waals surface area contributed by atoms with Crippen LogP contribution in [0.4, 0.5) is 5.95 Å².